The predicted octanol–water partition coefficient (Wildman–Crippen LogP) is 6.09. The van der Waals surface area contributed by atoms with Gasteiger partial charge in [-0.25, -0.2) is 0 Å². The summed E-state index contributed by atoms with van der Waals surface area (Å²) in [5.74, 6) is 1.18. The highest BCUT2D eigenvalue weighted by molar-refractivity contribution is 6.30. The lowest BCUT2D eigenvalue weighted by atomic mass is 9.93. The Labute approximate surface area is 190 Å². The van der Waals surface area contributed by atoms with Gasteiger partial charge in [0, 0.05) is 34.6 Å². The molecule has 0 aliphatic carbocycles. The third-order valence-corrected chi connectivity index (χ3v) is 5.65. The standard InChI is InChI=1S/C26H20ClN3O2/c1-17-22-14-21(31)11-12-24(22)30(15-19-7-9-20(27)10-8-19)16-23(17)26-28-25(32-29-26)13-18-5-3-2-4-6-18/h2-12,14,16,31H,1,13,15H2. The van der Waals surface area contributed by atoms with Gasteiger partial charge in [0.05, 0.1) is 6.42 Å². The smallest absolute Gasteiger partial charge is 0.231 e. The lowest BCUT2D eigenvalue weighted by Crippen LogP contribution is -2.21. The van der Waals surface area contributed by atoms with Crippen molar-refractivity contribution in [1.82, 2.24) is 10.1 Å². The van der Waals surface area contributed by atoms with Gasteiger partial charge in [0.25, 0.3) is 0 Å². The van der Waals surface area contributed by atoms with Crippen molar-refractivity contribution >= 4 is 28.4 Å². The Bertz CT molecular complexity index is 1310. The molecule has 0 unspecified atom stereocenters. The van der Waals surface area contributed by atoms with Gasteiger partial charge in [-0.15, -0.1) is 0 Å². The first-order valence-corrected chi connectivity index (χ1v) is 10.6. The summed E-state index contributed by atoms with van der Waals surface area (Å²) < 4.78 is 5.52. The van der Waals surface area contributed by atoms with Crippen LogP contribution in [0.4, 0.5) is 5.69 Å². The third-order valence-electron chi connectivity index (χ3n) is 5.40. The summed E-state index contributed by atoms with van der Waals surface area (Å²) in [4.78, 5) is 6.71. The van der Waals surface area contributed by atoms with E-state index in [1.165, 1.54) is 0 Å². The van der Waals surface area contributed by atoms with Crippen LogP contribution < -0.4 is 4.90 Å². The molecule has 1 N–H and O–H groups in total. The van der Waals surface area contributed by atoms with Crippen LogP contribution in [-0.4, -0.2) is 15.2 Å². The molecule has 0 atom stereocenters. The molecule has 1 aromatic heterocycles. The number of anilines is 1. The number of aromatic hydroxyl groups is 1. The minimum absolute atomic E-state index is 0.176. The van der Waals surface area contributed by atoms with Gasteiger partial charge in [0.2, 0.25) is 11.7 Å². The van der Waals surface area contributed by atoms with Gasteiger partial charge in [-0.1, -0.05) is 65.8 Å². The molecule has 1 aliphatic rings. The van der Waals surface area contributed by atoms with Crippen molar-refractivity contribution in [2.75, 3.05) is 4.90 Å². The Morgan fingerprint density at radius 3 is 2.53 bits per heavy atom. The maximum Gasteiger partial charge on any atom is 0.231 e. The highest BCUT2D eigenvalue weighted by Gasteiger charge is 2.25. The molecule has 3 aromatic carbocycles. The van der Waals surface area contributed by atoms with Crippen LogP contribution in [0.3, 0.4) is 0 Å². The van der Waals surface area contributed by atoms with Crippen molar-refractivity contribution < 1.29 is 9.63 Å². The van der Waals surface area contributed by atoms with E-state index in [-0.39, 0.29) is 5.75 Å². The Morgan fingerprint density at radius 2 is 1.75 bits per heavy atom. The average molecular weight is 442 g/mol. The van der Waals surface area contributed by atoms with Gasteiger partial charge in [-0.3, -0.25) is 0 Å². The van der Waals surface area contributed by atoms with Gasteiger partial charge < -0.3 is 14.5 Å². The van der Waals surface area contributed by atoms with E-state index in [9.17, 15) is 5.11 Å². The van der Waals surface area contributed by atoms with Crippen LogP contribution in [0.1, 0.15) is 28.4 Å². The summed E-state index contributed by atoms with van der Waals surface area (Å²) in [6, 6.07) is 23.0. The fourth-order valence-corrected chi connectivity index (χ4v) is 3.91. The third kappa shape index (κ3) is 4.03. The van der Waals surface area contributed by atoms with Gasteiger partial charge in [-0.05, 0) is 47.0 Å². The van der Waals surface area contributed by atoms with E-state index in [0.29, 0.717) is 29.7 Å². The van der Waals surface area contributed by atoms with Crippen LogP contribution in [-0.2, 0) is 13.0 Å². The van der Waals surface area contributed by atoms with Gasteiger partial charge in [0.15, 0.2) is 0 Å². The van der Waals surface area contributed by atoms with Gasteiger partial charge >= 0.3 is 0 Å². The summed E-state index contributed by atoms with van der Waals surface area (Å²) in [5, 5.41) is 15.0. The molecule has 6 heteroatoms. The zero-order chi connectivity index (χ0) is 22.1. The summed E-state index contributed by atoms with van der Waals surface area (Å²) in [6.07, 6.45) is 2.53. The van der Waals surface area contributed by atoms with Crippen LogP contribution >= 0.6 is 11.6 Å². The Morgan fingerprint density at radius 1 is 0.969 bits per heavy atom. The number of allylic oxidation sites excluding steroid dienone is 2. The van der Waals surface area contributed by atoms with E-state index >= 15 is 0 Å². The normalized spacial score (nSPS) is 13.1. The number of benzene rings is 3. The lowest BCUT2D eigenvalue weighted by molar-refractivity contribution is 0.383. The molecule has 0 fully saturated rings. The monoisotopic (exact) mass is 441 g/mol. The summed E-state index contributed by atoms with van der Waals surface area (Å²) in [5.41, 5.74) is 5.44. The molecule has 5 rings (SSSR count). The maximum atomic E-state index is 10.1. The molecule has 0 saturated heterocycles. The van der Waals surface area contributed by atoms with Crippen LogP contribution in [0.25, 0.3) is 11.1 Å². The Kier molecular flexibility index (Phi) is 5.25. The number of halogens is 1. The molecular weight excluding hydrogens is 422 g/mol. The van der Waals surface area contributed by atoms with E-state index < -0.39 is 0 Å². The maximum absolute atomic E-state index is 10.1. The fraction of sp³-hybridized carbons (Fsp3) is 0.0769. The number of fused-ring (bicyclic) bond motifs is 1. The van der Waals surface area contributed by atoms with E-state index in [1.54, 1.807) is 12.1 Å². The second-order valence-electron chi connectivity index (χ2n) is 7.65. The Balaban J connectivity index is 1.50. The number of hydrogen-bond donors (Lipinski definition) is 1. The number of hydrogen-bond acceptors (Lipinski definition) is 5. The first-order chi connectivity index (χ1) is 15.6. The predicted molar refractivity (Wildman–Crippen MR) is 126 cm³/mol. The molecule has 4 aromatic rings. The number of aromatic nitrogens is 2. The van der Waals surface area contributed by atoms with Gasteiger partial charge in [0.1, 0.15) is 5.75 Å². The first-order valence-electron chi connectivity index (χ1n) is 10.2. The van der Waals surface area contributed by atoms with Crippen molar-refractivity contribution in [3.05, 3.63) is 119 Å². The topological polar surface area (TPSA) is 62.4 Å². The molecular formula is C26H20ClN3O2. The average Bonchev–Trinajstić information content (AvgIpc) is 3.26. The van der Waals surface area contributed by atoms with Crippen LogP contribution in [0.5, 0.6) is 5.75 Å². The zero-order valence-corrected chi connectivity index (χ0v) is 18.0. The molecule has 5 nitrogen and oxygen atoms in total. The van der Waals surface area contributed by atoms with E-state index in [2.05, 4.69) is 21.6 Å². The van der Waals surface area contributed by atoms with Crippen molar-refractivity contribution in [2.24, 2.45) is 0 Å². The SMILES string of the molecule is C=C1C(c2noc(Cc3ccccc3)n2)=CN(Cc2ccc(Cl)cc2)c2ccc(O)cc21. The molecule has 0 spiro atoms. The van der Waals surface area contributed by atoms with E-state index in [0.717, 1.165) is 33.5 Å². The minimum Gasteiger partial charge on any atom is -0.508 e. The van der Waals surface area contributed by atoms with Crippen molar-refractivity contribution in [3.63, 3.8) is 0 Å². The molecule has 2 heterocycles. The largest absolute Gasteiger partial charge is 0.508 e. The van der Waals surface area contributed by atoms with Crippen LogP contribution in [0.15, 0.2) is 90.1 Å². The number of rotatable bonds is 5. The second-order valence-corrected chi connectivity index (χ2v) is 8.09. The summed E-state index contributed by atoms with van der Waals surface area (Å²) in [7, 11) is 0. The lowest BCUT2D eigenvalue weighted by Gasteiger charge is -2.30. The second kappa shape index (κ2) is 8.36. The van der Waals surface area contributed by atoms with E-state index in [4.69, 9.17) is 16.1 Å². The molecule has 0 radical (unpaired) electrons. The minimum atomic E-state index is 0.176. The zero-order valence-electron chi connectivity index (χ0n) is 17.2. The fourth-order valence-electron chi connectivity index (χ4n) is 3.78. The molecule has 0 saturated carbocycles. The molecule has 1 aliphatic heterocycles. The first kappa shape index (κ1) is 20.1. The number of phenols is 1. The van der Waals surface area contributed by atoms with E-state index in [1.807, 2.05) is 66.9 Å². The van der Waals surface area contributed by atoms with Crippen molar-refractivity contribution in [3.8, 4) is 5.75 Å². The molecule has 0 bridgehead atoms. The van der Waals surface area contributed by atoms with Crippen molar-refractivity contribution in [1.29, 1.82) is 0 Å². The summed E-state index contributed by atoms with van der Waals surface area (Å²) >= 11 is 6.04. The Hall–Kier alpha value is -3.83. The van der Waals surface area contributed by atoms with Crippen LogP contribution in [0, 0.1) is 0 Å². The highest BCUT2D eigenvalue weighted by Crippen LogP contribution is 2.42. The highest BCUT2D eigenvalue weighted by atomic mass is 35.5. The molecule has 158 valence electrons. The summed E-state index contributed by atoms with van der Waals surface area (Å²) in [6.45, 7) is 4.87. The van der Waals surface area contributed by atoms with Crippen molar-refractivity contribution in [2.45, 2.75) is 13.0 Å². The molecule has 32 heavy (non-hydrogen) atoms. The molecule has 0 amide bonds. The van der Waals surface area contributed by atoms with Gasteiger partial charge in [-0.2, -0.15) is 4.98 Å². The number of nitrogens with zero attached hydrogens (tertiary/aromatic N) is 3. The van der Waals surface area contributed by atoms with Crippen LogP contribution in [0.2, 0.25) is 5.02 Å². The quantitative estimate of drug-likeness (QED) is 0.405. The number of phenolic OH excluding ortho intramolecular Hbond substituents is 1.